The summed E-state index contributed by atoms with van der Waals surface area (Å²) < 4.78 is 39.9. The molecule has 9 heteroatoms. The third-order valence-corrected chi connectivity index (χ3v) is 8.34. The fraction of sp³-hybridized carbons (Fsp3) is 0.316. The van der Waals surface area contributed by atoms with E-state index >= 15 is 0 Å². The first-order valence-electron chi connectivity index (χ1n) is 8.92. The minimum absolute atomic E-state index is 0.283. The van der Waals surface area contributed by atoms with Gasteiger partial charge in [-0.25, -0.2) is 13.4 Å². The molecule has 0 spiro atoms. The zero-order chi connectivity index (χ0) is 19.4. The van der Waals surface area contributed by atoms with Gasteiger partial charge < -0.3 is 9.47 Å². The molecule has 0 unspecified atom stereocenters. The predicted octanol–water partition coefficient (Wildman–Crippen LogP) is 3.49. The highest BCUT2D eigenvalue weighted by Gasteiger charge is 2.26. The highest BCUT2D eigenvalue weighted by Crippen LogP contribution is 2.29. The van der Waals surface area contributed by atoms with Crippen molar-refractivity contribution in [2.24, 2.45) is 0 Å². The summed E-state index contributed by atoms with van der Waals surface area (Å²) in [4.78, 5) is 4.87. The van der Waals surface area contributed by atoms with Gasteiger partial charge in [-0.15, -0.1) is 11.3 Å². The van der Waals surface area contributed by atoms with Crippen molar-refractivity contribution in [1.82, 2.24) is 9.29 Å². The summed E-state index contributed by atoms with van der Waals surface area (Å²) in [6, 6.07) is 14.7. The number of fused-ring (bicyclic) bond motifs is 1. The summed E-state index contributed by atoms with van der Waals surface area (Å²) in [5.74, 6) is 1.43. The zero-order valence-corrected chi connectivity index (χ0v) is 17.6. The summed E-state index contributed by atoms with van der Waals surface area (Å²) in [7, 11) is -3.47. The zero-order valence-electron chi connectivity index (χ0n) is 15.1. The SMILES string of the molecule is O=S(=O)(c1ccc(OCCSc2nc3ccccc3s2)cc1)N1CCOCC1. The van der Waals surface area contributed by atoms with E-state index in [9.17, 15) is 8.42 Å². The lowest BCUT2D eigenvalue weighted by Crippen LogP contribution is -2.40. The molecule has 1 saturated heterocycles. The maximum absolute atomic E-state index is 12.6. The van der Waals surface area contributed by atoms with Crippen molar-refractivity contribution in [1.29, 1.82) is 0 Å². The van der Waals surface area contributed by atoms with Gasteiger partial charge in [-0.3, -0.25) is 0 Å². The lowest BCUT2D eigenvalue weighted by molar-refractivity contribution is 0.0730. The molecular weight excluding hydrogens is 416 g/mol. The van der Waals surface area contributed by atoms with Crippen LogP contribution in [0.4, 0.5) is 0 Å². The summed E-state index contributed by atoms with van der Waals surface area (Å²) in [5, 5.41) is 0. The summed E-state index contributed by atoms with van der Waals surface area (Å²) in [6.45, 7) is 2.18. The average Bonchev–Trinajstić information content (AvgIpc) is 3.15. The summed E-state index contributed by atoms with van der Waals surface area (Å²) >= 11 is 3.34. The van der Waals surface area contributed by atoms with Gasteiger partial charge >= 0.3 is 0 Å². The standard InChI is InChI=1S/C19H20N2O4S3/c22-28(23,21-9-11-24-12-10-21)16-7-5-15(6-8-16)25-13-14-26-19-20-17-3-1-2-4-18(17)27-19/h1-8H,9-14H2. The average molecular weight is 437 g/mol. The number of morpholine rings is 1. The molecule has 1 fully saturated rings. The van der Waals surface area contributed by atoms with Gasteiger partial charge in [0.15, 0.2) is 4.34 Å². The van der Waals surface area contributed by atoms with Crippen molar-refractivity contribution in [3.8, 4) is 5.75 Å². The van der Waals surface area contributed by atoms with Crippen molar-refractivity contribution in [3.63, 3.8) is 0 Å². The van der Waals surface area contributed by atoms with Crippen LogP contribution in [0.1, 0.15) is 0 Å². The Kier molecular flexibility index (Phi) is 6.17. The van der Waals surface area contributed by atoms with Gasteiger partial charge in [0.2, 0.25) is 10.0 Å². The fourth-order valence-electron chi connectivity index (χ4n) is 2.85. The van der Waals surface area contributed by atoms with E-state index in [4.69, 9.17) is 9.47 Å². The molecule has 1 aliphatic rings. The van der Waals surface area contributed by atoms with Gasteiger partial charge in [0.1, 0.15) is 5.75 Å². The molecule has 0 radical (unpaired) electrons. The Balaban J connectivity index is 1.29. The highest BCUT2D eigenvalue weighted by molar-refractivity contribution is 8.01. The molecular formula is C19H20N2O4S3. The molecule has 148 valence electrons. The van der Waals surface area contributed by atoms with E-state index < -0.39 is 10.0 Å². The molecule has 3 aromatic rings. The van der Waals surface area contributed by atoms with Crippen LogP contribution >= 0.6 is 23.1 Å². The Morgan fingerprint density at radius 3 is 2.61 bits per heavy atom. The summed E-state index contributed by atoms with van der Waals surface area (Å²) in [5.41, 5.74) is 1.02. The minimum atomic E-state index is -3.47. The molecule has 0 aliphatic carbocycles. The van der Waals surface area contributed by atoms with Crippen LogP contribution in [-0.4, -0.2) is 56.4 Å². The molecule has 0 amide bonds. The third-order valence-electron chi connectivity index (χ3n) is 4.28. The number of ether oxygens (including phenoxy) is 2. The number of benzene rings is 2. The third kappa shape index (κ3) is 4.49. The monoisotopic (exact) mass is 436 g/mol. The van der Waals surface area contributed by atoms with Crippen LogP contribution in [0.15, 0.2) is 57.8 Å². The molecule has 2 heterocycles. The van der Waals surface area contributed by atoms with E-state index in [1.165, 1.54) is 9.01 Å². The van der Waals surface area contributed by atoms with Gasteiger partial charge in [0.25, 0.3) is 0 Å². The molecule has 0 bridgehead atoms. The van der Waals surface area contributed by atoms with Crippen LogP contribution in [0.5, 0.6) is 5.75 Å². The Hall–Kier alpha value is -1.65. The second kappa shape index (κ2) is 8.79. The number of para-hydroxylation sites is 1. The van der Waals surface area contributed by atoms with Crippen molar-refractivity contribution in [3.05, 3.63) is 48.5 Å². The van der Waals surface area contributed by atoms with Gasteiger partial charge in [0.05, 0.1) is 34.9 Å². The highest BCUT2D eigenvalue weighted by atomic mass is 32.2. The number of sulfonamides is 1. The molecule has 0 N–H and O–H groups in total. The number of thioether (sulfide) groups is 1. The van der Waals surface area contributed by atoms with E-state index in [0.29, 0.717) is 38.7 Å². The minimum Gasteiger partial charge on any atom is -0.493 e. The molecule has 1 aromatic heterocycles. The molecule has 28 heavy (non-hydrogen) atoms. The Bertz CT molecular complexity index is 996. The molecule has 1 aliphatic heterocycles. The van der Waals surface area contributed by atoms with Crippen LogP contribution in [0.25, 0.3) is 10.2 Å². The quantitative estimate of drug-likeness (QED) is 0.417. The van der Waals surface area contributed by atoms with Crippen molar-refractivity contribution in [2.45, 2.75) is 9.24 Å². The lowest BCUT2D eigenvalue weighted by atomic mass is 10.3. The normalized spacial score (nSPS) is 15.7. The van der Waals surface area contributed by atoms with Gasteiger partial charge in [0, 0.05) is 18.8 Å². The smallest absolute Gasteiger partial charge is 0.243 e. The number of thiazole rings is 1. The lowest BCUT2D eigenvalue weighted by Gasteiger charge is -2.26. The first-order chi connectivity index (χ1) is 13.6. The van der Waals surface area contributed by atoms with Crippen molar-refractivity contribution in [2.75, 3.05) is 38.7 Å². The van der Waals surface area contributed by atoms with Gasteiger partial charge in [-0.1, -0.05) is 23.9 Å². The van der Waals surface area contributed by atoms with Gasteiger partial charge in [-0.2, -0.15) is 4.31 Å². The maximum Gasteiger partial charge on any atom is 0.243 e. The molecule has 0 saturated carbocycles. The van der Waals surface area contributed by atoms with Crippen LogP contribution < -0.4 is 4.74 Å². The number of nitrogens with zero attached hydrogens (tertiary/aromatic N) is 2. The van der Waals surface area contributed by atoms with E-state index in [0.717, 1.165) is 15.6 Å². The van der Waals surface area contributed by atoms with E-state index in [-0.39, 0.29) is 4.90 Å². The van der Waals surface area contributed by atoms with E-state index in [1.54, 1.807) is 47.4 Å². The largest absolute Gasteiger partial charge is 0.493 e. The van der Waals surface area contributed by atoms with Crippen LogP contribution in [0.3, 0.4) is 0 Å². The number of rotatable bonds is 7. The molecule has 4 rings (SSSR count). The Morgan fingerprint density at radius 1 is 1.11 bits per heavy atom. The number of hydrogen-bond donors (Lipinski definition) is 0. The van der Waals surface area contributed by atoms with Crippen LogP contribution in [0.2, 0.25) is 0 Å². The molecule has 0 atom stereocenters. The van der Waals surface area contributed by atoms with Crippen LogP contribution in [-0.2, 0) is 14.8 Å². The Morgan fingerprint density at radius 2 is 1.86 bits per heavy atom. The van der Waals surface area contributed by atoms with E-state index in [2.05, 4.69) is 11.1 Å². The molecule has 6 nitrogen and oxygen atoms in total. The second-order valence-corrected chi connectivity index (χ2v) is 10.4. The van der Waals surface area contributed by atoms with E-state index in [1.807, 2.05) is 18.2 Å². The predicted molar refractivity (Wildman–Crippen MR) is 112 cm³/mol. The van der Waals surface area contributed by atoms with Crippen molar-refractivity contribution >= 4 is 43.3 Å². The first kappa shape index (κ1) is 19.7. The number of hydrogen-bond acceptors (Lipinski definition) is 7. The Labute approximate surface area is 172 Å². The fourth-order valence-corrected chi connectivity index (χ4v) is 6.21. The van der Waals surface area contributed by atoms with Crippen LogP contribution in [0, 0.1) is 0 Å². The molecule has 2 aromatic carbocycles. The second-order valence-electron chi connectivity index (χ2n) is 6.13. The summed E-state index contributed by atoms with van der Waals surface area (Å²) in [6.07, 6.45) is 0. The topological polar surface area (TPSA) is 68.7 Å². The maximum atomic E-state index is 12.6. The van der Waals surface area contributed by atoms with Crippen molar-refractivity contribution < 1.29 is 17.9 Å². The first-order valence-corrected chi connectivity index (χ1v) is 12.2. The number of aromatic nitrogens is 1. The van der Waals surface area contributed by atoms with Gasteiger partial charge in [-0.05, 0) is 36.4 Å².